The van der Waals surface area contributed by atoms with Gasteiger partial charge in [-0.25, -0.2) is 0 Å². The van der Waals surface area contributed by atoms with Crippen molar-refractivity contribution in [3.8, 4) is 0 Å². The van der Waals surface area contributed by atoms with E-state index in [1.165, 1.54) is 38.5 Å². The summed E-state index contributed by atoms with van der Waals surface area (Å²) in [6.07, 6.45) is 10.1. The molecule has 0 aromatic carbocycles. The molecule has 4 nitrogen and oxygen atoms in total. The summed E-state index contributed by atoms with van der Waals surface area (Å²) < 4.78 is -1.60. The van der Waals surface area contributed by atoms with Crippen LogP contribution in [0.25, 0.3) is 0 Å². The zero-order valence-electron chi connectivity index (χ0n) is 17.6. The molecule has 3 N–H and O–H groups in total. The van der Waals surface area contributed by atoms with Crippen LogP contribution in [0.3, 0.4) is 0 Å². The lowest BCUT2D eigenvalue weighted by atomic mass is 9.94. The smallest absolute Gasteiger partial charge is 0.532 e. The van der Waals surface area contributed by atoms with Crippen molar-refractivity contribution in [3.05, 3.63) is 12.7 Å². The van der Waals surface area contributed by atoms with E-state index in [4.69, 9.17) is 22.4 Å². The van der Waals surface area contributed by atoms with Gasteiger partial charge in [-0.3, -0.25) is 4.79 Å². The molecular formula is C20H37O4S3+. The van der Waals surface area contributed by atoms with Gasteiger partial charge in [0, 0.05) is 4.79 Å². The van der Waals surface area contributed by atoms with Gasteiger partial charge in [0.25, 0.3) is 0 Å². The topological polar surface area (TPSA) is 77.3 Å². The first-order valence-corrected chi connectivity index (χ1v) is 11.4. The molecule has 0 fully saturated rings. The summed E-state index contributed by atoms with van der Waals surface area (Å²) in [4.78, 5) is 21.8. The number of rotatable bonds is 11. The highest BCUT2D eigenvalue weighted by molar-refractivity contribution is 8.48. The van der Waals surface area contributed by atoms with E-state index in [-0.39, 0.29) is 0 Å². The zero-order valence-corrected chi connectivity index (χ0v) is 20.0. The maximum atomic E-state index is 11.0. The third-order valence-corrected chi connectivity index (χ3v) is 6.78. The molecular weight excluding hydrogens is 400 g/mol. The number of carboxylic acids is 1. The summed E-state index contributed by atoms with van der Waals surface area (Å²) >= 11 is 7.08. The first-order valence-electron chi connectivity index (χ1n) is 9.36. The van der Waals surface area contributed by atoms with E-state index in [1.54, 1.807) is 27.7 Å². The van der Waals surface area contributed by atoms with Crippen molar-refractivity contribution in [2.75, 3.05) is 0 Å². The molecule has 1 atom stereocenters. The van der Waals surface area contributed by atoms with Crippen molar-refractivity contribution in [1.29, 1.82) is 0 Å². The summed E-state index contributed by atoms with van der Waals surface area (Å²) in [5, 5.41) is 15.9. The fraction of sp³-hybridized carbons (Fsp3) is 0.750. The fourth-order valence-electron chi connectivity index (χ4n) is 1.93. The van der Waals surface area contributed by atoms with Gasteiger partial charge in [-0.15, -0.1) is 6.58 Å². The summed E-state index contributed by atoms with van der Waals surface area (Å²) in [6.45, 7) is 14.6. The molecule has 0 rings (SSSR count). The van der Waals surface area contributed by atoms with Crippen LogP contribution < -0.4 is 0 Å². The van der Waals surface area contributed by atoms with Crippen LogP contribution in [-0.4, -0.2) is 35.2 Å². The third-order valence-electron chi connectivity index (χ3n) is 4.06. The second-order valence-corrected chi connectivity index (χ2v) is 11.8. The average Bonchev–Trinajstić information content (AvgIpc) is 2.54. The maximum absolute atomic E-state index is 11.0. The number of carbonyl (C=O) groups is 2. The van der Waals surface area contributed by atoms with Crippen molar-refractivity contribution < 1.29 is 19.8 Å². The van der Waals surface area contributed by atoms with Crippen molar-refractivity contribution in [1.82, 2.24) is 0 Å². The number of hydrogen-bond donors (Lipinski definition) is 1. The lowest BCUT2D eigenvalue weighted by Gasteiger charge is -2.21. The van der Waals surface area contributed by atoms with Crippen LogP contribution in [0.4, 0.5) is 0 Å². The highest BCUT2D eigenvalue weighted by Crippen LogP contribution is 2.37. The Morgan fingerprint density at radius 1 is 1.15 bits per heavy atom. The molecule has 0 aromatic heterocycles. The van der Waals surface area contributed by atoms with Crippen LogP contribution in [-0.2, 0) is 9.59 Å². The van der Waals surface area contributed by atoms with Gasteiger partial charge in [-0.05, 0) is 46.5 Å². The fourth-order valence-corrected chi connectivity index (χ4v) is 5.61. The summed E-state index contributed by atoms with van der Waals surface area (Å²) in [6, 6.07) is 0. The second-order valence-electron chi connectivity index (χ2n) is 7.39. The minimum absolute atomic E-state index is 0.359. The van der Waals surface area contributed by atoms with E-state index in [1.807, 2.05) is 6.08 Å². The van der Waals surface area contributed by atoms with Gasteiger partial charge in [0.2, 0.25) is 0 Å². The van der Waals surface area contributed by atoms with E-state index in [0.29, 0.717) is 3.53 Å². The van der Waals surface area contributed by atoms with Crippen molar-refractivity contribution in [2.24, 2.45) is 5.92 Å². The lowest BCUT2D eigenvalue weighted by Crippen LogP contribution is -2.31. The van der Waals surface area contributed by atoms with Crippen molar-refractivity contribution in [2.45, 2.75) is 89.6 Å². The quantitative estimate of drug-likeness (QED) is 0.250. The Kier molecular flexibility index (Phi) is 15.4. The van der Waals surface area contributed by atoms with Gasteiger partial charge in [0.1, 0.15) is 8.28 Å². The Morgan fingerprint density at radius 2 is 1.67 bits per heavy atom. The highest BCUT2D eigenvalue weighted by atomic mass is 32.2. The van der Waals surface area contributed by atoms with Gasteiger partial charge in [0.15, 0.2) is 4.75 Å². The van der Waals surface area contributed by atoms with Crippen LogP contribution in [0, 0.1) is 5.92 Å². The molecule has 1 unspecified atom stereocenters. The van der Waals surface area contributed by atoms with E-state index in [2.05, 4.69) is 20.4 Å². The molecule has 27 heavy (non-hydrogen) atoms. The minimum atomic E-state index is -1.02. The van der Waals surface area contributed by atoms with Crippen LogP contribution in [0.1, 0.15) is 80.1 Å². The Hall–Kier alpha value is -0.530. The summed E-state index contributed by atoms with van der Waals surface area (Å²) in [5.74, 6) is -0.739. The molecule has 0 amide bonds. The van der Waals surface area contributed by atoms with E-state index in [0.717, 1.165) is 29.4 Å². The standard InChI is InChI=1S/C11H22.C9H14O4S3/c1-4-7-9-11(6-3)10-8-5-2;1-8(2,5(10)11)15-7(14)16-9(3,4)6(12)13/h4,11H,1,5-10H2,2-3H3;1-4H3,(H,10,11)(H,12,13)/p+1. The first kappa shape index (κ1) is 28.7. The van der Waals surface area contributed by atoms with Gasteiger partial charge in [0.05, 0.1) is 0 Å². The van der Waals surface area contributed by atoms with Crippen molar-refractivity contribution in [3.63, 3.8) is 0 Å². The molecule has 7 heteroatoms. The molecule has 158 valence electrons. The molecule has 0 spiro atoms. The number of carbonyl (C=O) groups excluding carboxylic acids is 1. The minimum Gasteiger partial charge on any atom is -0.564 e. The van der Waals surface area contributed by atoms with E-state index < -0.39 is 21.4 Å². The number of unbranched alkanes of at least 4 members (excludes halogenated alkanes) is 1. The molecule has 0 saturated heterocycles. The number of thiocarbonyl (C=S) groups is 1. The number of aliphatic carboxylic acids is 1. The second kappa shape index (κ2) is 14.5. The summed E-state index contributed by atoms with van der Waals surface area (Å²) in [7, 11) is 0. The third kappa shape index (κ3) is 14.2. The van der Waals surface area contributed by atoms with Gasteiger partial charge in [-0.2, -0.15) is 0 Å². The van der Waals surface area contributed by atoms with Crippen LogP contribution in [0.15, 0.2) is 12.7 Å². The van der Waals surface area contributed by atoms with Crippen LogP contribution >= 0.6 is 35.7 Å². The van der Waals surface area contributed by atoms with Crippen LogP contribution in [0.5, 0.6) is 0 Å². The normalized spacial score (nSPS) is 12.5. The van der Waals surface area contributed by atoms with E-state index in [9.17, 15) is 9.59 Å². The Morgan fingerprint density at radius 3 is 2.04 bits per heavy atom. The average molecular weight is 438 g/mol. The molecule has 0 aromatic rings. The monoisotopic (exact) mass is 437 g/mol. The Bertz CT molecular complexity index is 458. The largest absolute Gasteiger partial charge is 0.564 e. The van der Waals surface area contributed by atoms with E-state index >= 15 is 0 Å². The van der Waals surface area contributed by atoms with Gasteiger partial charge < -0.3 is 10.2 Å². The lowest BCUT2D eigenvalue weighted by molar-refractivity contribution is -0.139. The predicted molar refractivity (Wildman–Crippen MR) is 125 cm³/mol. The molecule has 0 saturated carbocycles. The predicted octanol–water partition coefficient (Wildman–Crippen LogP) is 5.80. The molecule has 0 aliphatic heterocycles. The Balaban J connectivity index is 0. The van der Waals surface area contributed by atoms with Crippen LogP contribution in [0.2, 0.25) is 0 Å². The molecule has 0 heterocycles. The first-order chi connectivity index (χ1) is 12.3. The number of thioether (sulfide) groups is 2. The van der Waals surface area contributed by atoms with Crippen molar-refractivity contribution >= 4 is 51.2 Å². The van der Waals surface area contributed by atoms with Gasteiger partial charge in [-0.1, -0.05) is 81.3 Å². The molecule has 0 radical (unpaired) electrons. The SMILES string of the molecule is C=CCCC(CC)CCCC.CC(C)(SC(=S)SC(C)(C)C(=O)[OH2+])C(=O)O. The van der Waals surface area contributed by atoms with Gasteiger partial charge >= 0.3 is 11.9 Å². The number of hydrogen-bond acceptors (Lipinski definition) is 5. The number of carboxylic acid groups (broad SMARTS) is 1. The number of allylic oxidation sites excluding steroid dienone is 1. The molecule has 0 aliphatic carbocycles. The highest BCUT2D eigenvalue weighted by Gasteiger charge is 2.39. The molecule has 0 bridgehead atoms. The zero-order chi connectivity index (χ0) is 21.7. The summed E-state index contributed by atoms with van der Waals surface area (Å²) in [5.41, 5.74) is 0. The maximum Gasteiger partial charge on any atom is 0.532 e. The Labute approximate surface area is 179 Å². The molecule has 0 aliphatic rings.